The van der Waals surface area contributed by atoms with Crippen molar-refractivity contribution < 1.29 is 8.42 Å². The smallest absolute Gasteiger partial charge is 0.304 e. The van der Waals surface area contributed by atoms with Crippen LogP contribution in [0.15, 0.2) is 39.3 Å². The quantitative estimate of drug-likeness (QED) is 0.899. The van der Waals surface area contributed by atoms with Crippen LogP contribution in [0.1, 0.15) is 23.7 Å². The summed E-state index contributed by atoms with van der Waals surface area (Å²) in [6.45, 7) is 0.526. The number of fused-ring (bicyclic) bond motifs is 1. The molecule has 0 spiro atoms. The van der Waals surface area contributed by atoms with E-state index in [2.05, 4.69) is 10.3 Å². The topological polar surface area (TPSA) is 79.0 Å². The number of sulfone groups is 1. The largest absolute Gasteiger partial charge is 0.315 e. The molecule has 106 valence electrons. The Morgan fingerprint density at radius 3 is 2.90 bits per heavy atom. The van der Waals surface area contributed by atoms with Crippen molar-refractivity contribution in [2.24, 2.45) is 0 Å². The molecule has 1 aromatic carbocycles. The number of thiazole rings is 1. The lowest BCUT2D eigenvalue weighted by atomic mass is 10.0. The highest BCUT2D eigenvalue weighted by atomic mass is 32.2. The molecule has 1 aromatic heterocycles. The summed E-state index contributed by atoms with van der Waals surface area (Å²) in [5, 5.41) is 5.10. The summed E-state index contributed by atoms with van der Waals surface area (Å²) in [7, 11) is -3.15. The average Bonchev–Trinajstić information content (AvgIpc) is 2.84. The summed E-state index contributed by atoms with van der Waals surface area (Å²) in [5.74, 6) is 0.155. The molecule has 0 fully saturated rings. The second-order valence-electron chi connectivity index (χ2n) is 4.75. The second-order valence-corrected chi connectivity index (χ2v) is 7.67. The van der Waals surface area contributed by atoms with Gasteiger partial charge in [-0.2, -0.15) is 0 Å². The molecule has 0 aliphatic carbocycles. The van der Waals surface area contributed by atoms with Crippen LogP contribution in [0.4, 0.5) is 0 Å². The van der Waals surface area contributed by atoms with Crippen LogP contribution in [0, 0.1) is 0 Å². The van der Waals surface area contributed by atoms with Crippen molar-refractivity contribution in [3.8, 4) is 0 Å². The average molecular weight is 310 g/mol. The summed E-state index contributed by atoms with van der Waals surface area (Å²) in [4.78, 5) is 14.2. The molecule has 3 rings (SSSR count). The van der Waals surface area contributed by atoms with Gasteiger partial charge in [-0.1, -0.05) is 29.5 Å². The molecular weight excluding hydrogens is 296 g/mol. The highest BCUT2D eigenvalue weighted by molar-refractivity contribution is 7.91. The van der Waals surface area contributed by atoms with Crippen LogP contribution in [0.25, 0.3) is 0 Å². The highest BCUT2D eigenvalue weighted by Crippen LogP contribution is 2.31. The fourth-order valence-electron chi connectivity index (χ4n) is 2.44. The third-order valence-electron chi connectivity index (χ3n) is 3.41. The van der Waals surface area contributed by atoms with Crippen LogP contribution in [-0.2, 0) is 16.4 Å². The maximum absolute atomic E-state index is 12.0. The molecule has 2 N–H and O–H groups in total. The zero-order chi connectivity index (χ0) is 14.2. The van der Waals surface area contributed by atoms with E-state index in [1.807, 2.05) is 12.1 Å². The second kappa shape index (κ2) is 5.16. The molecule has 0 saturated heterocycles. The van der Waals surface area contributed by atoms with Crippen LogP contribution in [0.3, 0.4) is 0 Å². The minimum Gasteiger partial charge on any atom is -0.315 e. The lowest BCUT2D eigenvalue weighted by Gasteiger charge is -2.26. The molecule has 0 amide bonds. The number of nitrogens with one attached hydrogen (secondary N) is 2. The van der Waals surface area contributed by atoms with E-state index in [9.17, 15) is 13.2 Å². The van der Waals surface area contributed by atoms with Crippen molar-refractivity contribution in [3.05, 3.63) is 50.6 Å². The number of aromatic amines is 1. The van der Waals surface area contributed by atoms with Gasteiger partial charge in [0.15, 0.2) is 9.84 Å². The van der Waals surface area contributed by atoms with Crippen LogP contribution < -0.4 is 10.2 Å². The Labute approximate surface area is 120 Å². The molecule has 2 aromatic rings. The minimum absolute atomic E-state index is 0.00173. The zero-order valence-electron chi connectivity index (χ0n) is 10.6. The highest BCUT2D eigenvalue weighted by Gasteiger charge is 2.29. The van der Waals surface area contributed by atoms with Gasteiger partial charge in [0.1, 0.15) is 0 Å². The summed E-state index contributed by atoms with van der Waals surface area (Å²) in [6.07, 6.45) is 0.549. The van der Waals surface area contributed by atoms with Crippen LogP contribution in [0.2, 0.25) is 0 Å². The molecule has 0 bridgehead atoms. The van der Waals surface area contributed by atoms with E-state index in [4.69, 9.17) is 0 Å². The Balaban J connectivity index is 1.83. The Bertz CT molecular complexity index is 777. The molecule has 7 heteroatoms. The first-order valence-corrected chi connectivity index (χ1v) is 8.81. The maximum atomic E-state index is 12.0. The minimum atomic E-state index is -3.15. The Kier molecular flexibility index (Phi) is 3.49. The Morgan fingerprint density at radius 1 is 1.35 bits per heavy atom. The number of rotatable bonds is 3. The molecule has 2 heterocycles. The molecule has 0 saturated carbocycles. The van der Waals surface area contributed by atoms with Crippen molar-refractivity contribution in [3.63, 3.8) is 0 Å². The number of hydrogen-bond acceptors (Lipinski definition) is 5. The van der Waals surface area contributed by atoms with Crippen molar-refractivity contribution in [2.45, 2.75) is 23.9 Å². The first-order valence-electron chi connectivity index (χ1n) is 6.28. The van der Waals surface area contributed by atoms with Gasteiger partial charge in [-0.25, -0.2) is 8.42 Å². The van der Waals surface area contributed by atoms with E-state index >= 15 is 0 Å². The van der Waals surface area contributed by atoms with Gasteiger partial charge in [0.2, 0.25) is 0 Å². The van der Waals surface area contributed by atoms with Gasteiger partial charge in [0.05, 0.1) is 10.6 Å². The van der Waals surface area contributed by atoms with Gasteiger partial charge in [-0.3, -0.25) is 4.79 Å². The lowest BCUT2D eigenvalue weighted by molar-refractivity contribution is 0.489. The standard InChI is InChI=1S/C13H14N2O3S2/c16-13-15-9(8-19-13)7-14-11-5-6-20(17,18)12-4-2-1-3-10(11)12/h1-4,8,11,14H,5-7H2,(H,15,16). The van der Waals surface area contributed by atoms with Crippen LogP contribution in [-0.4, -0.2) is 19.2 Å². The summed E-state index contributed by atoms with van der Waals surface area (Å²) in [6, 6.07) is 7.10. The fourth-order valence-corrected chi connectivity index (χ4v) is 4.64. The van der Waals surface area contributed by atoms with Crippen LogP contribution in [0.5, 0.6) is 0 Å². The fraction of sp³-hybridized carbons (Fsp3) is 0.308. The van der Waals surface area contributed by atoms with Crippen molar-refractivity contribution in [1.82, 2.24) is 10.3 Å². The molecule has 5 nitrogen and oxygen atoms in total. The summed E-state index contributed by atoms with van der Waals surface area (Å²) >= 11 is 1.13. The van der Waals surface area contributed by atoms with Gasteiger partial charge in [-0.05, 0) is 18.1 Å². The molecule has 1 unspecified atom stereocenters. The Morgan fingerprint density at radius 2 is 2.15 bits per heavy atom. The molecule has 0 radical (unpaired) electrons. The number of aromatic nitrogens is 1. The van der Waals surface area contributed by atoms with Crippen molar-refractivity contribution in [2.75, 3.05) is 5.75 Å². The van der Waals surface area contributed by atoms with E-state index < -0.39 is 9.84 Å². The normalized spacial score (nSPS) is 20.5. The first kappa shape index (κ1) is 13.5. The number of benzene rings is 1. The van der Waals surface area contributed by atoms with E-state index in [1.54, 1.807) is 17.5 Å². The molecule has 1 aliphatic rings. The van der Waals surface area contributed by atoms with E-state index in [1.165, 1.54) is 0 Å². The van der Waals surface area contributed by atoms with Crippen LogP contribution >= 0.6 is 11.3 Å². The van der Waals surface area contributed by atoms with Gasteiger partial charge in [0, 0.05) is 23.7 Å². The lowest BCUT2D eigenvalue weighted by Crippen LogP contribution is -2.29. The van der Waals surface area contributed by atoms with Gasteiger partial charge in [-0.15, -0.1) is 0 Å². The monoisotopic (exact) mass is 310 g/mol. The zero-order valence-corrected chi connectivity index (χ0v) is 12.3. The first-order chi connectivity index (χ1) is 9.56. The predicted molar refractivity (Wildman–Crippen MR) is 77.6 cm³/mol. The third-order valence-corrected chi connectivity index (χ3v) is 5.95. The van der Waals surface area contributed by atoms with E-state index in [-0.39, 0.29) is 16.7 Å². The SMILES string of the molecule is O=c1[nH]c(CNC2CCS(=O)(=O)c3ccccc32)cs1. The molecular formula is C13H14N2O3S2. The van der Waals surface area contributed by atoms with E-state index in [0.717, 1.165) is 22.6 Å². The number of H-pyrrole nitrogens is 1. The summed E-state index contributed by atoms with van der Waals surface area (Å²) < 4.78 is 24.0. The van der Waals surface area contributed by atoms with Gasteiger partial charge >= 0.3 is 4.87 Å². The number of hydrogen-bond donors (Lipinski definition) is 2. The summed E-state index contributed by atoms with van der Waals surface area (Å²) in [5.41, 5.74) is 1.64. The van der Waals surface area contributed by atoms with Gasteiger partial charge in [0.25, 0.3) is 0 Å². The third kappa shape index (κ3) is 2.56. The maximum Gasteiger partial charge on any atom is 0.304 e. The Hall–Kier alpha value is -1.44. The predicted octanol–water partition coefficient (Wildman–Crippen LogP) is 1.44. The van der Waals surface area contributed by atoms with E-state index in [0.29, 0.717) is 17.9 Å². The molecule has 20 heavy (non-hydrogen) atoms. The van der Waals surface area contributed by atoms with Crippen molar-refractivity contribution >= 4 is 21.2 Å². The van der Waals surface area contributed by atoms with Crippen molar-refractivity contribution in [1.29, 1.82) is 0 Å². The molecule has 1 atom stereocenters. The van der Waals surface area contributed by atoms with Gasteiger partial charge < -0.3 is 10.3 Å². The molecule has 1 aliphatic heterocycles.